The van der Waals surface area contributed by atoms with Crippen LogP contribution in [0.5, 0.6) is 0 Å². The second-order valence-corrected chi connectivity index (χ2v) is 8.89. The monoisotopic (exact) mass is 378 g/mol. The Kier molecular flexibility index (Phi) is 4.71. The van der Waals surface area contributed by atoms with Crippen molar-refractivity contribution < 1.29 is 4.79 Å². The molecule has 2 aliphatic heterocycles. The topological polar surface area (TPSA) is 52.2 Å². The van der Waals surface area contributed by atoms with Gasteiger partial charge in [-0.05, 0) is 55.6 Å². The van der Waals surface area contributed by atoms with Gasteiger partial charge in [0.25, 0.3) is 5.91 Å². The predicted molar refractivity (Wildman–Crippen MR) is 109 cm³/mol. The molecule has 1 amide bonds. The number of hydrogen-bond acceptors (Lipinski definition) is 3. The molecule has 5 heteroatoms. The predicted octanol–water partition coefficient (Wildman–Crippen LogP) is 3.20. The second-order valence-electron chi connectivity index (χ2n) is 8.89. The molecule has 0 radical (unpaired) electrons. The van der Waals surface area contributed by atoms with E-state index < -0.39 is 0 Å². The third-order valence-corrected chi connectivity index (χ3v) is 7.02. The van der Waals surface area contributed by atoms with E-state index in [9.17, 15) is 4.79 Å². The van der Waals surface area contributed by atoms with Gasteiger partial charge < -0.3 is 4.90 Å². The first-order valence-corrected chi connectivity index (χ1v) is 10.8. The fraction of sp³-hybridized carbons (Fsp3) is 0.565. The number of rotatable bonds is 2. The summed E-state index contributed by atoms with van der Waals surface area (Å²) in [6.07, 6.45) is 6.47. The van der Waals surface area contributed by atoms with E-state index in [-0.39, 0.29) is 5.91 Å². The van der Waals surface area contributed by atoms with Crippen LogP contribution in [0.4, 0.5) is 0 Å². The number of benzene rings is 1. The maximum absolute atomic E-state index is 13.1. The summed E-state index contributed by atoms with van der Waals surface area (Å²) in [5, 5.41) is 7.55. The molecule has 148 valence electrons. The van der Waals surface area contributed by atoms with Crippen LogP contribution in [0.2, 0.25) is 0 Å². The molecule has 1 fully saturated rings. The number of likely N-dealkylation sites (tertiary alicyclic amines) is 1. The van der Waals surface area contributed by atoms with Crippen molar-refractivity contribution in [2.45, 2.75) is 58.0 Å². The summed E-state index contributed by atoms with van der Waals surface area (Å²) in [5.74, 6) is 0.776. The average Bonchev–Trinajstić information content (AvgIpc) is 3.16. The molecule has 0 saturated carbocycles. The van der Waals surface area contributed by atoms with E-state index in [0.717, 1.165) is 58.3 Å². The third kappa shape index (κ3) is 3.26. The molecule has 3 heterocycles. The Hall–Kier alpha value is -2.14. The SMILES string of the molecule is CC1CCc2[nH]nc(C(=O)N3CCC(N4CCc5ccccc5C4)CC3)c2C1. The zero-order valence-electron chi connectivity index (χ0n) is 16.8. The van der Waals surface area contributed by atoms with Gasteiger partial charge in [0.05, 0.1) is 0 Å². The van der Waals surface area contributed by atoms with Gasteiger partial charge in [0.2, 0.25) is 0 Å². The highest BCUT2D eigenvalue weighted by molar-refractivity contribution is 5.94. The van der Waals surface area contributed by atoms with Crippen LogP contribution >= 0.6 is 0 Å². The number of aromatic amines is 1. The lowest BCUT2D eigenvalue weighted by atomic mass is 9.87. The van der Waals surface area contributed by atoms with Crippen molar-refractivity contribution in [2.24, 2.45) is 5.92 Å². The number of nitrogens with zero attached hydrogens (tertiary/aromatic N) is 3. The largest absolute Gasteiger partial charge is 0.337 e. The Morgan fingerprint density at radius 2 is 1.86 bits per heavy atom. The van der Waals surface area contributed by atoms with Gasteiger partial charge in [-0.15, -0.1) is 0 Å². The van der Waals surface area contributed by atoms with E-state index in [1.165, 1.54) is 28.8 Å². The van der Waals surface area contributed by atoms with Crippen LogP contribution in [0.15, 0.2) is 24.3 Å². The lowest BCUT2D eigenvalue weighted by Gasteiger charge is -2.40. The van der Waals surface area contributed by atoms with Crippen molar-refractivity contribution >= 4 is 5.91 Å². The van der Waals surface area contributed by atoms with Crippen LogP contribution in [0.3, 0.4) is 0 Å². The van der Waals surface area contributed by atoms with Crippen LogP contribution in [0.1, 0.15) is 59.1 Å². The molecular weight excluding hydrogens is 348 g/mol. The number of carbonyl (C=O) groups excluding carboxylic acids is 1. The molecule has 1 aromatic carbocycles. The van der Waals surface area contributed by atoms with Gasteiger partial charge in [0, 0.05) is 43.5 Å². The zero-order chi connectivity index (χ0) is 19.1. The fourth-order valence-corrected chi connectivity index (χ4v) is 5.26. The Balaban J connectivity index is 1.22. The first-order valence-electron chi connectivity index (χ1n) is 10.8. The number of piperidine rings is 1. The van der Waals surface area contributed by atoms with Crippen LogP contribution in [0.25, 0.3) is 0 Å². The molecule has 0 spiro atoms. The normalized spacial score (nSPS) is 23.3. The third-order valence-electron chi connectivity index (χ3n) is 7.02. The number of carbonyl (C=O) groups is 1. The van der Waals surface area contributed by atoms with Gasteiger partial charge in [0.1, 0.15) is 0 Å². The Labute approximate surface area is 167 Å². The Morgan fingerprint density at radius 1 is 1.07 bits per heavy atom. The first-order chi connectivity index (χ1) is 13.7. The molecule has 3 aliphatic rings. The van der Waals surface area contributed by atoms with Gasteiger partial charge in [-0.3, -0.25) is 14.8 Å². The summed E-state index contributed by atoms with van der Waals surface area (Å²) in [6.45, 7) is 6.16. The molecule has 2 aromatic rings. The van der Waals surface area contributed by atoms with Crippen molar-refractivity contribution in [3.63, 3.8) is 0 Å². The molecule has 1 atom stereocenters. The number of hydrogen-bond donors (Lipinski definition) is 1. The minimum atomic E-state index is 0.133. The van der Waals surface area contributed by atoms with Gasteiger partial charge in [-0.25, -0.2) is 0 Å². The van der Waals surface area contributed by atoms with E-state index in [1.807, 2.05) is 4.90 Å². The summed E-state index contributed by atoms with van der Waals surface area (Å²) in [6, 6.07) is 9.41. The highest BCUT2D eigenvalue weighted by atomic mass is 16.2. The molecule has 5 nitrogen and oxygen atoms in total. The second kappa shape index (κ2) is 7.36. The number of aryl methyl sites for hydroxylation is 1. The number of amides is 1. The van der Waals surface area contributed by atoms with Crippen LogP contribution < -0.4 is 0 Å². The fourth-order valence-electron chi connectivity index (χ4n) is 5.26. The number of nitrogens with one attached hydrogen (secondary N) is 1. The summed E-state index contributed by atoms with van der Waals surface area (Å²) in [5.41, 5.74) is 6.03. The van der Waals surface area contributed by atoms with Gasteiger partial charge in [-0.2, -0.15) is 5.10 Å². The lowest BCUT2D eigenvalue weighted by molar-refractivity contribution is 0.0593. The molecule has 1 saturated heterocycles. The van der Waals surface area contributed by atoms with E-state index in [0.29, 0.717) is 17.7 Å². The molecule has 1 N–H and O–H groups in total. The summed E-state index contributed by atoms with van der Waals surface area (Å²) >= 11 is 0. The van der Waals surface area contributed by atoms with Gasteiger partial charge in [0.15, 0.2) is 5.69 Å². The van der Waals surface area contributed by atoms with Gasteiger partial charge in [-0.1, -0.05) is 31.2 Å². The van der Waals surface area contributed by atoms with Crippen molar-refractivity contribution in [1.29, 1.82) is 0 Å². The molecule has 0 bridgehead atoms. The molecule has 1 unspecified atom stereocenters. The molecular formula is C23H30N4O. The first kappa shape index (κ1) is 17.9. The summed E-state index contributed by atoms with van der Waals surface area (Å²) in [4.78, 5) is 17.8. The maximum atomic E-state index is 13.1. The van der Waals surface area contributed by atoms with E-state index in [1.54, 1.807) is 0 Å². The van der Waals surface area contributed by atoms with E-state index in [2.05, 4.69) is 46.3 Å². The highest BCUT2D eigenvalue weighted by Gasteiger charge is 2.32. The summed E-state index contributed by atoms with van der Waals surface area (Å²) in [7, 11) is 0. The molecule has 1 aliphatic carbocycles. The van der Waals surface area contributed by atoms with E-state index in [4.69, 9.17) is 0 Å². The standard InChI is InChI=1S/C23H30N4O/c1-16-6-7-21-20(14-16)22(25-24-21)23(28)26-12-9-19(10-13-26)27-11-8-17-4-2-3-5-18(17)15-27/h2-5,16,19H,6-15H2,1H3,(H,24,25). The Bertz CT molecular complexity index is 865. The molecule has 1 aromatic heterocycles. The number of fused-ring (bicyclic) bond motifs is 2. The van der Waals surface area contributed by atoms with Crippen LogP contribution in [-0.2, 0) is 25.8 Å². The number of H-pyrrole nitrogens is 1. The lowest BCUT2D eigenvalue weighted by Crippen LogP contribution is -2.48. The van der Waals surface area contributed by atoms with Crippen LogP contribution in [0, 0.1) is 5.92 Å². The Morgan fingerprint density at radius 3 is 2.68 bits per heavy atom. The minimum Gasteiger partial charge on any atom is -0.337 e. The van der Waals surface area contributed by atoms with Crippen molar-refractivity contribution in [3.8, 4) is 0 Å². The van der Waals surface area contributed by atoms with Crippen molar-refractivity contribution in [2.75, 3.05) is 19.6 Å². The highest BCUT2D eigenvalue weighted by Crippen LogP contribution is 2.29. The van der Waals surface area contributed by atoms with Crippen molar-refractivity contribution in [1.82, 2.24) is 20.0 Å². The number of aromatic nitrogens is 2. The van der Waals surface area contributed by atoms with E-state index >= 15 is 0 Å². The van der Waals surface area contributed by atoms with Crippen molar-refractivity contribution in [3.05, 3.63) is 52.3 Å². The quantitative estimate of drug-likeness (QED) is 0.873. The molecule has 5 rings (SSSR count). The maximum Gasteiger partial charge on any atom is 0.274 e. The molecule has 28 heavy (non-hydrogen) atoms. The van der Waals surface area contributed by atoms with Crippen LogP contribution in [-0.4, -0.2) is 51.6 Å². The zero-order valence-corrected chi connectivity index (χ0v) is 16.8. The minimum absolute atomic E-state index is 0.133. The average molecular weight is 379 g/mol. The van der Waals surface area contributed by atoms with Gasteiger partial charge >= 0.3 is 0 Å². The summed E-state index contributed by atoms with van der Waals surface area (Å²) < 4.78 is 0. The smallest absolute Gasteiger partial charge is 0.274 e.